The number of rotatable bonds is 5. The van der Waals surface area contributed by atoms with Gasteiger partial charge in [0.1, 0.15) is 11.6 Å². The highest BCUT2D eigenvalue weighted by atomic mass is 19.1. The van der Waals surface area contributed by atoms with E-state index >= 15 is 0 Å². The molecule has 0 aliphatic carbocycles. The molecule has 5 rings (SSSR count). The molecule has 3 aromatic rings. The van der Waals surface area contributed by atoms with Crippen LogP contribution in [0.3, 0.4) is 0 Å². The summed E-state index contributed by atoms with van der Waals surface area (Å²) in [6, 6.07) is 25.0. The van der Waals surface area contributed by atoms with Crippen LogP contribution in [0.1, 0.15) is 33.8 Å². The average molecular weight is 445 g/mol. The molecule has 0 unspecified atom stereocenters. The van der Waals surface area contributed by atoms with Gasteiger partial charge >= 0.3 is 0 Å². The number of fused-ring (bicyclic) bond motifs is 1. The van der Waals surface area contributed by atoms with Crippen molar-refractivity contribution >= 4 is 5.91 Å². The minimum absolute atomic E-state index is 0.101. The van der Waals surface area contributed by atoms with Crippen LogP contribution in [0.4, 0.5) is 4.39 Å². The zero-order valence-corrected chi connectivity index (χ0v) is 18.9. The first-order chi connectivity index (χ1) is 16.1. The Kier molecular flexibility index (Phi) is 6.14. The van der Waals surface area contributed by atoms with Crippen molar-refractivity contribution in [2.24, 2.45) is 5.92 Å². The Labute approximate surface area is 194 Å². The van der Waals surface area contributed by atoms with Crippen molar-refractivity contribution in [3.8, 4) is 5.75 Å². The lowest BCUT2D eigenvalue weighted by molar-refractivity contribution is 0.0613. The zero-order chi connectivity index (χ0) is 22.8. The molecule has 0 radical (unpaired) electrons. The molecule has 1 amide bonds. The number of likely N-dealkylation sites (tertiary alicyclic amines) is 2. The molecule has 2 saturated heterocycles. The van der Waals surface area contributed by atoms with Gasteiger partial charge in [-0.15, -0.1) is 0 Å². The predicted octanol–water partition coefficient (Wildman–Crippen LogP) is 4.96. The minimum atomic E-state index is -0.154. The highest BCUT2D eigenvalue weighted by molar-refractivity contribution is 5.94. The van der Waals surface area contributed by atoms with E-state index in [1.54, 1.807) is 13.2 Å². The second-order valence-corrected chi connectivity index (χ2v) is 9.05. The molecule has 0 N–H and O–H groups in total. The van der Waals surface area contributed by atoms with Gasteiger partial charge in [0, 0.05) is 55.2 Å². The fourth-order valence-electron chi connectivity index (χ4n) is 5.50. The Balaban J connectivity index is 1.42. The molecule has 2 aliphatic heterocycles. The third kappa shape index (κ3) is 4.38. The van der Waals surface area contributed by atoms with Gasteiger partial charge in [0.2, 0.25) is 0 Å². The number of ether oxygens (including phenoxy) is 1. The topological polar surface area (TPSA) is 32.8 Å². The summed E-state index contributed by atoms with van der Waals surface area (Å²) in [6.07, 6.45) is 0.893. The maximum absolute atomic E-state index is 14.3. The third-order valence-corrected chi connectivity index (χ3v) is 7.19. The van der Waals surface area contributed by atoms with Crippen molar-refractivity contribution in [3.63, 3.8) is 0 Å². The molecular weight excluding hydrogens is 415 g/mol. The molecule has 0 bridgehead atoms. The number of hydrogen-bond donors (Lipinski definition) is 0. The van der Waals surface area contributed by atoms with E-state index in [4.69, 9.17) is 4.74 Å². The van der Waals surface area contributed by atoms with Crippen LogP contribution >= 0.6 is 0 Å². The first-order valence-electron chi connectivity index (χ1n) is 11.6. The quantitative estimate of drug-likeness (QED) is 0.557. The van der Waals surface area contributed by atoms with Crippen LogP contribution in [0.15, 0.2) is 78.9 Å². The number of benzene rings is 3. The Hall–Kier alpha value is -3.18. The van der Waals surface area contributed by atoms with Gasteiger partial charge in [0.25, 0.3) is 5.91 Å². The average Bonchev–Trinajstić information content (AvgIpc) is 3.24. The Morgan fingerprint density at radius 1 is 0.970 bits per heavy atom. The molecule has 33 heavy (non-hydrogen) atoms. The van der Waals surface area contributed by atoms with Crippen LogP contribution in [0.2, 0.25) is 0 Å². The van der Waals surface area contributed by atoms with Crippen molar-refractivity contribution in [2.45, 2.75) is 24.9 Å². The largest absolute Gasteiger partial charge is 0.497 e. The van der Waals surface area contributed by atoms with Gasteiger partial charge in [0.15, 0.2) is 0 Å². The normalized spacial score (nSPS) is 22.7. The van der Waals surface area contributed by atoms with Gasteiger partial charge in [0.05, 0.1) is 7.11 Å². The molecular formula is C28H29FN2O2. The van der Waals surface area contributed by atoms with E-state index in [1.165, 1.54) is 11.6 Å². The Morgan fingerprint density at radius 2 is 1.70 bits per heavy atom. The van der Waals surface area contributed by atoms with Crippen LogP contribution in [0, 0.1) is 11.7 Å². The lowest BCUT2D eigenvalue weighted by Crippen LogP contribution is -2.47. The number of halogens is 1. The first kappa shape index (κ1) is 21.7. The molecule has 4 nitrogen and oxygen atoms in total. The van der Waals surface area contributed by atoms with E-state index in [0.717, 1.165) is 36.4 Å². The molecule has 170 valence electrons. The molecule has 5 heteroatoms. The molecule has 3 aromatic carbocycles. The van der Waals surface area contributed by atoms with Gasteiger partial charge in [-0.2, -0.15) is 0 Å². The summed E-state index contributed by atoms with van der Waals surface area (Å²) in [5, 5.41) is 0. The predicted molar refractivity (Wildman–Crippen MR) is 127 cm³/mol. The highest BCUT2D eigenvalue weighted by Gasteiger charge is 2.47. The van der Waals surface area contributed by atoms with Gasteiger partial charge in [-0.1, -0.05) is 48.5 Å². The summed E-state index contributed by atoms with van der Waals surface area (Å²) in [7, 11) is 1.67. The van der Waals surface area contributed by atoms with Crippen LogP contribution in [0.25, 0.3) is 0 Å². The zero-order valence-electron chi connectivity index (χ0n) is 18.9. The summed E-state index contributed by atoms with van der Waals surface area (Å²) in [4.78, 5) is 17.9. The molecule has 0 saturated carbocycles. The van der Waals surface area contributed by atoms with Gasteiger partial charge in [-0.05, 0) is 42.3 Å². The van der Waals surface area contributed by atoms with E-state index in [-0.39, 0.29) is 23.7 Å². The van der Waals surface area contributed by atoms with Crippen molar-refractivity contribution in [2.75, 3.05) is 26.7 Å². The fourth-order valence-corrected chi connectivity index (χ4v) is 5.50. The molecule has 3 atom stereocenters. The summed E-state index contributed by atoms with van der Waals surface area (Å²) < 4.78 is 19.6. The third-order valence-electron chi connectivity index (χ3n) is 7.19. The van der Waals surface area contributed by atoms with E-state index in [2.05, 4.69) is 21.9 Å². The number of carbonyl (C=O) groups excluding carboxylic acids is 1. The minimum Gasteiger partial charge on any atom is -0.497 e. The van der Waals surface area contributed by atoms with Gasteiger partial charge in [-0.3, -0.25) is 9.69 Å². The SMILES string of the molecule is COc1ccc([C@H]2CN(C(=O)c3ccccc3)[C@@H]3CCN(Cc4ccccc4F)C[C@H]23)cc1. The van der Waals surface area contributed by atoms with Crippen LogP contribution in [-0.2, 0) is 6.54 Å². The van der Waals surface area contributed by atoms with Crippen molar-refractivity contribution in [3.05, 3.63) is 101 Å². The monoisotopic (exact) mass is 444 g/mol. The van der Waals surface area contributed by atoms with Crippen LogP contribution in [0.5, 0.6) is 5.75 Å². The van der Waals surface area contributed by atoms with Crippen molar-refractivity contribution in [1.82, 2.24) is 9.80 Å². The lowest BCUT2D eigenvalue weighted by Gasteiger charge is -2.39. The number of carbonyl (C=O) groups is 1. The molecule has 0 aromatic heterocycles. The summed E-state index contributed by atoms with van der Waals surface area (Å²) in [6.45, 7) is 2.98. The lowest BCUT2D eigenvalue weighted by atomic mass is 9.81. The molecule has 2 fully saturated rings. The number of amides is 1. The maximum atomic E-state index is 14.3. The van der Waals surface area contributed by atoms with E-state index in [1.807, 2.05) is 54.6 Å². The van der Waals surface area contributed by atoms with E-state index in [0.29, 0.717) is 19.0 Å². The fraction of sp³-hybridized carbons (Fsp3) is 0.321. The maximum Gasteiger partial charge on any atom is 0.254 e. The van der Waals surface area contributed by atoms with E-state index in [9.17, 15) is 9.18 Å². The number of hydrogen-bond acceptors (Lipinski definition) is 3. The summed E-state index contributed by atoms with van der Waals surface area (Å²) in [5.74, 6) is 1.31. The van der Waals surface area contributed by atoms with E-state index < -0.39 is 0 Å². The second kappa shape index (κ2) is 9.36. The number of piperidine rings is 1. The second-order valence-electron chi connectivity index (χ2n) is 9.05. The number of methoxy groups -OCH3 is 1. The summed E-state index contributed by atoms with van der Waals surface area (Å²) in [5.41, 5.74) is 2.69. The number of nitrogens with zero attached hydrogens (tertiary/aromatic N) is 2. The standard InChI is InChI=1S/C28H29FN2O2/c1-33-23-13-11-20(12-14-23)24-19-31(28(32)21-7-3-2-4-8-21)27-15-16-30(18-25(24)27)17-22-9-5-6-10-26(22)29/h2-14,24-25,27H,15-19H2,1H3/t24-,25-,27-/m1/s1. The Morgan fingerprint density at radius 3 is 2.42 bits per heavy atom. The van der Waals surface area contributed by atoms with Gasteiger partial charge < -0.3 is 9.64 Å². The van der Waals surface area contributed by atoms with Gasteiger partial charge in [-0.25, -0.2) is 4.39 Å². The van der Waals surface area contributed by atoms with Crippen molar-refractivity contribution < 1.29 is 13.9 Å². The molecule has 0 spiro atoms. The summed E-state index contributed by atoms with van der Waals surface area (Å²) >= 11 is 0. The Bertz CT molecular complexity index is 1100. The smallest absolute Gasteiger partial charge is 0.254 e. The van der Waals surface area contributed by atoms with Crippen molar-refractivity contribution in [1.29, 1.82) is 0 Å². The molecule has 2 aliphatic rings. The van der Waals surface area contributed by atoms with Crippen LogP contribution in [-0.4, -0.2) is 48.5 Å². The first-order valence-corrected chi connectivity index (χ1v) is 11.6. The molecule has 2 heterocycles. The highest BCUT2D eigenvalue weighted by Crippen LogP contribution is 2.42. The van der Waals surface area contributed by atoms with Crippen LogP contribution < -0.4 is 4.74 Å².